The average Bonchev–Trinajstić information content (AvgIpc) is 3.45. The van der Waals surface area contributed by atoms with Gasteiger partial charge in [-0.1, -0.05) is 121 Å². The third-order valence-corrected chi connectivity index (χ3v) is 7.86. The average molecular weight is 539 g/mol. The van der Waals surface area contributed by atoms with Crippen molar-refractivity contribution in [2.75, 3.05) is 4.90 Å². The van der Waals surface area contributed by atoms with Crippen molar-refractivity contribution in [3.8, 4) is 22.3 Å². The molecule has 6 aromatic carbocycles. The van der Waals surface area contributed by atoms with E-state index in [1.807, 2.05) is 12.1 Å². The Morgan fingerprint density at radius 1 is 0.500 bits per heavy atom. The first kappa shape index (κ1) is 24.2. The maximum Gasteiger partial charge on any atom is 0.154 e. The van der Waals surface area contributed by atoms with E-state index in [1.165, 1.54) is 5.56 Å². The summed E-state index contributed by atoms with van der Waals surface area (Å²) in [5, 5.41) is 3.26. The minimum atomic E-state index is 0.777. The van der Waals surface area contributed by atoms with Crippen LogP contribution in [0.5, 0.6) is 0 Å². The summed E-state index contributed by atoms with van der Waals surface area (Å²) in [7, 11) is 0. The number of hydrogen-bond acceptors (Lipinski definition) is 3. The van der Waals surface area contributed by atoms with Crippen molar-refractivity contribution in [2.24, 2.45) is 0 Å². The Balaban J connectivity index is 1.37. The van der Waals surface area contributed by atoms with Crippen LogP contribution in [0.2, 0.25) is 0 Å². The van der Waals surface area contributed by atoms with Crippen LogP contribution >= 0.6 is 0 Å². The zero-order valence-corrected chi connectivity index (χ0v) is 22.8. The third-order valence-electron chi connectivity index (χ3n) is 7.86. The van der Waals surface area contributed by atoms with Crippen molar-refractivity contribution in [1.29, 1.82) is 0 Å². The summed E-state index contributed by atoms with van der Waals surface area (Å²) in [5.41, 5.74) is 9.20. The molecule has 0 saturated heterocycles. The van der Waals surface area contributed by atoms with Crippen LogP contribution in [0.3, 0.4) is 0 Å². The van der Waals surface area contributed by atoms with Crippen molar-refractivity contribution < 1.29 is 4.42 Å². The molecule has 2 aromatic heterocycles. The molecule has 0 aliphatic rings. The molecule has 0 spiro atoms. The summed E-state index contributed by atoms with van der Waals surface area (Å²) in [6.45, 7) is 0. The van der Waals surface area contributed by atoms with Gasteiger partial charge in [0.05, 0.1) is 5.69 Å². The third kappa shape index (κ3) is 4.11. The highest BCUT2D eigenvalue weighted by molar-refractivity contribution is 6.14. The standard InChI is InChI=1S/C39H26N2O/c1-3-12-27(13-4-1)30-17-11-18-31(26-30)41(35-21-10-9-19-32(35)28-14-5-2-6-15-28)37-25-24-36-38(40-37)34-23-22-29-16-7-8-20-33(29)39(34)42-36/h1-26H. The summed E-state index contributed by atoms with van der Waals surface area (Å²) >= 11 is 0. The molecule has 198 valence electrons. The van der Waals surface area contributed by atoms with Crippen LogP contribution in [0.4, 0.5) is 17.2 Å². The van der Waals surface area contributed by atoms with Crippen LogP contribution < -0.4 is 4.90 Å². The Hall–Kier alpha value is -5.67. The van der Waals surface area contributed by atoms with Crippen molar-refractivity contribution in [1.82, 2.24) is 4.98 Å². The van der Waals surface area contributed by atoms with Crippen LogP contribution in [0.1, 0.15) is 0 Å². The molecule has 0 radical (unpaired) electrons. The smallest absolute Gasteiger partial charge is 0.154 e. The molecule has 0 saturated carbocycles. The predicted octanol–water partition coefficient (Wildman–Crippen LogP) is 10.9. The number of fused-ring (bicyclic) bond motifs is 5. The molecular weight excluding hydrogens is 512 g/mol. The van der Waals surface area contributed by atoms with Crippen LogP contribution in [0.25, 0.3) is 55.1 Å². The van der Waals surface area contributed by atoms with Gasteiger partial charge in [0.25, 0.3) is 0 Å². The molecule has 3 heteroatoms. The predicted molar refractivity (Wildman–Crippen MR) is 175 cm³/mol. The van der Waals surface area contributed by atoms with Crippen molar-refractivity contribution >= 4 is 50.0 Å². The minimum Gasteiger partial charge on any atom is -0.454 e. The zero-order valence-electron chi connectivity index (χ0n) is 22.8. The van der Waals surface area contributed by atoms with Gasteiger partial charge in [0.2, 0.25) is 0 Å². The number of pyridine rings is 1. The van der Waals surface area contributed by atoms with Gasteiger partial charge in [-0.2, -0.15) is 0 Å². The second-order valence-corrected chi connectivity index (χ2v) is 10.4. The molecule has 0 amide bonds. The van der Waals surface area contributed by atoms with E-state index in [0.29, 0.717) is 0 Å². The number of hydrogen-bond donors (Lipinski definition) is 0. The van der Waals surface area contributed by atoms with Gasteiger partial charge in [0, 0.05) is 22.0 Å². The summed E-state index contributed by atoms with van der Waals surface area (Å²) in [6, 6.07) is 54.9. The molecule has 0 aliphatic heterocycles. The summed E-state index contributed by atoms with van der Waals surface area (Å²) in [6.07, 6.45) is 0. The Kier molecular flexibility index (Phi) is 5.79. The van der Waals surface area contributed by atoms with Gasteiger partial charge in [-0.3, -0.25) is 4.90 Å². The fraction of sp³-hybridized carbons (Fsp3) is 0. The van der Waals surface area contributed by atoms with Crippen LogP contribution in [0, 0.1) is 0 Å². The molecule has 0 unspecified atom stereocenters. The largest absolute Gasteiger partial charge is 0.454 e. The number of para-hydroxylation sites is 1. The minimum absolute atomic E-state index is 0.777. The SMILES string of the molecule is c1ccc(-c2cccc(N(c3ccc4oc5c6ccccc6ccc5c4n3)c3ccccc3-c3ccccc3)c2)cc1. The topological polar surface area (TPSA) is 29.3 Å². The zero-order chi connectivity index (χ0) is 27.9. The molecule has 8 aromatic rings. The van der Waals surface area contributed by atoms with Crippen molar-refractivity contribution in [3.63, 3.8) is 0 Å². The normalized spacial score (nSPS) is 11.3. The molecule has 42 heavy (non-hydrogen) atoms. The van der Waals surface area contributed by atoms with Crippen molar-refractivity contribution in [2.45, 2.75) is 0 Å². The van der Waals surface area contributed by atoms with E-state index < -0.39 is 0 Å². The fourth-order valence-corrected chi connectivity index (χ4v) is 5.87. The number of anilines is 3. The first-order valence-corrected chi connectivity index (χ1v) is 14.1. The lowest BCUT2D eigenvalue weighted by molar-refractivity contribution is 0.672. The highest BCUT2D eigenvalue weighted by Crippen LogP contribution is 2.42. The lowest BCUT2D eigenvalue weighted by Crippen LogP contribution is -2.12. The van der Waals surface area contributed by atoms with E-state index >= 15 is 0 Å². The number of aromatic nitrogens is 1. The second kappa shape index (κ2) is 10.1. The van der Waals surface area contributed by atoms with Gasteiger partial charge in [-0.05, 0) is 58.5 Å². The highest BCUT2D eigenvalue weighted by atomic mass is 16.3. The molecule has 0 aliphatic carbocycles. The molecule has 0 N–H and O–H groups in total. The molecule has 8 rings (SSSR count). The highest BCUT2D eigenvalue weighted by Gasteiger charge is 2.20. The number of nitrogens with zero attached hydrogens (tertiary/aromatic N) is 2. The maximum absolute atomic E-state index is 6.40. The molecule has 2 heterocycles. The van der Waals surface area contributed by atoms with E-state index in [2.05, 4.69) is 150 Å². The Morgan fingerprint density at radius 3 is 2.07 bits per heavy atom. The molecular formula is C39H26N2O. The van der Waals surface area contributed by atoms with Gasteiger partial charge in [0.1, 0.15) is 16.9 Å². The van der Waals surface area contributed by atoms with Gasteiger partial charge >= 0.3 is 0 Å². The molecule has 3 nitrogen and oxygen atoms in total. The summed E-state index contributed by atoms with van der Waals surface area (Å²) in [5.74, 6) is 0.826. The molecule has 0 atom stereocenters. The first-order chi connectivity index (χ1) is 20.8. The molecule has 0 bridgehead atoms. The van der Waals surface area contributed by atoms with E-state index in [0.717, 1.165) is 66.7 Å². The lowest BCUT2D eigenvalue weighted by Gasteiger charge is -2.27. The summed E-state index contributed by atoms with van der Waals surface area (Å²) in [4.78, 5) is 7.55. The van der Waals surface area contributed by atoms with Crippen molar-refractivity contribution in [3.05, 3.63) is 158 Å². The van der Waals surface area contributed by atoms with Crippen LogP contribution in [-0.2, 0) is 0 Å². The fourth-order valence-electron chi connectivity index (χ4n) is 5.87. The van der Waals surface area contributed by atoms with E-state index in [4.69, 9.17) is 9.40 Å². The second-order valence-electron chi connectivity index (χ2n) is 10.4. The Labute approximate surface area is 243 Å². The maximum atomic E-state index is 6.40. The van der Waals surface area contributed by atoms with E-state index in [1.54, 1.807) is 0 Å². The number of furan rings is 1. The lowest BCUT2D eigenvalue weighted by atomic mass is 10.0. The Bertz CT molecular complexity index is 2200. The van der Waals surface area contributed by atoms with E-state index in [9.17, 15) is 0 Å². The van der Waals surface area contributed by atoms with Crippen LogP contribution in [-0.4, -0.2) is 4.98 Å². The van der Waals surface area contributed by atoms with Gasteiger partial charge in [0.15, 0.2) is 5.58 Å². The monoisotopic (exact) mass is 538 g/mol. The van der Waals surface area contributed by atoms with Gasteiger partial charge in [-0.25, -0.2) is 4.98 Å². The first-order valence-electron chi connectivity index (χ1n) is 14.1. The van der Waals surface area contributed by atoms with Gasteiger partial charge in [-0.15, -0.1) is 0 Å². The van der Waals surface area contributed by atoms with E-state index in [-0.39, 0.29) is 0 Å². The van der Waals surface area contributed by atoms with Gasteiger partial charge < -0.3 is 4.42 Å². The number of benzene rings is 6. The summed E-state index contributed by atoms with van der Waals surface area (Å²) < 4.78 is 6.40. The number of rotatable bonds is 5. The van der Waals surface area contributed by atoms with Crippen LogP contribution in [0.15, 0.2) is 162 Å². The quantitative estimate of drug-likeness (QED) is 0.218. The Morgan fingerprint density at radius 2 is 1.21 bits per heavy atom. The molecule has 0 fully saturated rings.